The van der Waals surface area contributed by atoms with E-state index in [1.54, 1.807) is 0 Å². The Morgan fingerprint density at radius 2 is 1.93 bits per heavy atom. The maximum absolute atomic E-state index is 4.57. The van der Waals surface area contributed by atoms with Crippen molar-refractivity contribution in [1.82, 2.24) is 5.32 Å². The highest BCUT2D eigenvalue weighted by molar-refractivity contribution is 5.82. The Kier molecular flexibility index (Phi) is 4.04. The second-order valence-corrected chi connectivity index (χ2v) is 5.12. The minimum absolute atomic E-state index is 0.641. The first kappa shape index (κ1) is 11.0. The average molecular weight is 208 g/mol. The Hall–Kier alpha value is -0.530. The van der Waals surface area contributed by atoms with Gasteiger partial charge < -0.3 is 5.32 Å². The fourth-order valence-corrected chi connectivity index (χ4v) is 2.83. The van der Waals surface area contributed by atoms with E-state index in [0.717, 1.165) is 12.5 Å². The molecule has 1 N–H and O–H groups in total. The molecule has 1 saturated carbocycles. The molecule has 0 spiro atoms. The number of hydrogen-bond acceptors (Lipinski definition) is 2. The fourth-order valence-electron chi connectivity index (χ4n) is 2.83. The van der Waals surface area contributed by atoms with E-state index in [-0.39, 0.29) is 0 Å². The zero-order valence-corrected chi connectivity index (χ0v) is 9.97. The first-order valence-corrected chi connectivity index (χ1v) is 6.66. The lowest BCUT2D eigenvalue weighted by Crippen LogP contribution is -2.39. The summed E-state index contributed by atoms with van der Waals surface area (Å²) in [5, 5.41) is 3.64. The molecule has 0 bridgehead atoms. The third-order valence-corrected chi connectivity index (χ3v) is 3.88. The van der Waals surface area contributed by atoms with Crippen LogP contribution in [-0.2, 0) is 0 Å². The number of nitrogens with one attached hydrogen (secondary N) is 1. The number of rotatable bonds is 2. The zero-order chi connectivity index (χ0) is 10.5. The molecule has 1 atom stereocenters. The SMILES string of the molecule is C[C@@H](NC1=NCCCC1)C1CCCCC1. The summed E-state index contributed by atoms with van der Waals surface area (Å²) >= 11 is 0. The third-order valence-electron chi connectivity index (χ3n) is 3.88. The summed E-state index contributed by atoms with van der Waals surface area (Å²) in [4.78, 5) is 4.57. The zero-order valence-electron chi connectivity index (χ0n) is 9.97. The van der Waals surface area contributed by atoms with Crippen LogP contribution in [0.3, 0.4) is 0 Å². The minimum atomic E-state index is 0.641. The van der Waals surface area contributed by atoms with Crippen molar-refractivity contribution in [2.45, 2.75) is 64.3 Å². The quantitative estimate of drug-likeness (QED) is 0.741. The molecule has 0 aromatic rings. The minimum Gasteiger partial charge on any atom is -0.371 e. The Morgan fingerprint density at radius 3 is 2.60 bits per heavy atom. The van der Waals surface area contributed by atoms with Crippen LogP contribution in [0.5, 0.6) is 0 Å². The molecule has 0 unspecified atom stereocenters. The van der Waals surface area contributed by atoms with Crippen LogP contribution in [0.1, 0.15) is 58.3 Å². The first-order chi connectivity index (χ1) is 7.36. The van der Waals surface area contributed by atoms with Gasteiger partial charge >= 0.3 is 0 Å². The van der Waals surface area contributed by atoms with Crippen LogP contribution >= 0.6 is 0 Å². The van der Waals surface area contributed by atoms with Crippen molar-refractivity contribution in [3.05, 3.63) is 0 Å². The number of nitrogens with zero attached hydrogens (tertiary/aromatic N) is 1. The smallest absolute Gasteiger partial charge is 0.0965 e. The van der Waals surface area contributed by atoms with Gasteiger partial charge in [0, 0.05) is 19.0 Å². The molecule has 1 fully saturated rings. The molecule has 1 aliphatic heterocycles. The van der Waals surface area contributed by atoms with Gasteiger partial charge in [0.25, 0.3) is 0 Å². The number of aliphatic imine (C=N–C) groups is 1. The molecule has 0 aromatic carbocycles. The van der Waals surface area contributed by atoms with Gasteiger partial charge in [-0.05, 0) is 38.5 Å². The van der Waals surface area contributed by atoms with E-state index in [4.69, 9.17) is 0 Å². The van der Waals surface area contributed by atoms with E-state index in [1.807, 2.05) is 0 Å². The van der Waals surface area contributed by atoms with Gasteiger partial charge in [-0.1, -0.05) is 19.3 Å². The highest BCUT2D eigenvalue weighted by atomic mass is 15.0. The summed E-state index contributed by atoms with van der Waals surface area (Å²) in [5.41, 5.74) is 0. The topological polar surface area (TPSA) is 24.4 Å². The van der Waals surface area contributed by atoms with Gasteiger partial charge in [0.1, 0.15) is 0 Å². The lowest BCUT2D eigenvalue weighted by molar-refractivity contribution is 0.300. The molecule has 15 heavy (non-hydrogen) atoms. The van der Waals surface area contributed by atoms with Gasteiger partial charge in [-0.15, -0.1) is 0 Å². The van der Waals surface area contributed by atoms with Gasteiger partial charge in [-0.25, -0.2) is 0 Å². The molecular weight excluding hydrogens is 184 g/mol. The van der Waals surface area contributed by atoms with Crippen molar-refractivity contribution < 1.29 is 0 Å². The van der Waals surface area contributed by atoms with E-state index < -0.39 is 0 Å². The molecule has 2 rings (SSSR count). The molecule has 0 saturated heterocycles. The summed E-state index contributed by atoms with van der Waals surface area (Å²) in [7, 11) is 0. The van der Waals surface area contributed by atoms with Crippen LogP contribution in [0.25, 0.3) is 0 Å². The molecule has 0 aromatic heterocycles. The molecule has 86 valence electrons. The average Bonchev–Trinajstić information content (AvgIpc) is 2.31. The maximum atomic E-state index is 4.57. The van der Waals surface area contributed by atoms with Crippen LogP contribution < -0.4 is 5.32 Å². The van der Waals surface area contributed by atoms with E-state index in [9.17, 15) is 0 Å². The highest BCUT2D eigenvalue weighted by Crippen LogP contribution is 2.26. The van der Waals surface area contributed by atoms with E-state index >= 15 is 0 Å². The monoisotopic (exact) mass is 208 g/mol. The van der Waals surface area contributed by atoms with Gasteiger partial charge in [0.2, 0.25) is 0 Å². The van der Waals surface area contributed by atoms with E-state index in [1.165, 1.54) is 57.2 Å². The molecule has 0 amide bonds. The summed E-state index contributed by atoms with van der Waals surface area (Å²) < 4.78 is 0. The third kappa shape index (κ3) is 3.22. The first-order valence-electron chi connectivity index (χ1n) is 6.66. The summed E-state index contributed by atoms with van der Waals surface area (Å²) in [6.45, 7) is 3.38. The van der Waals surface area contributed by atoms with Crippen molar-refractivity contribution >= 4 is 5.84 Å². The lowest BCUT2D eigenvalue weighted by atomic mass is 9.84. The van der Waals surface area contributed by atoms with Crippen LogP contribution in [0.15, 0.2) is 4.99 Å². The highest BCUT2D eigenvalue weighted by Gasteiger charge is 2.20. The second kappa shape index (κ2) is 5.53. The van der Waals surface area contributed by atoms with Crippen molar-refractivity contribution in [2.24, 2.45) is 10.9 Å². The second-order valence-electron chi connectivity index (χ2n) is 5.12. The summed E-state index contributed by atoms with van der Waals surface area (Å²) in [6.07, 6.45) is 10.9. The Balaban J connectivity index is 1.79. The molecule has 2 heteroatoms. The molecule has 1 heterocycles. The predicted molar refractivity (Wildman–Crippen MR) is 65.3 cm³/mol. The largest absolute Gasteiger partial charge is 0.371 e. The maximum Gasteiger partial charge on any atom is 0.0965 e. The van der Waals surface area contributed by atoms with Gasteiger partial charge in [0.05, 0.1) is 5.84 Å². The summed E-state index contributed by atoms with van der Waals surface area (Å²) in [5.74, 6) is 2.17. The number of amidine groups is 1. The van der Waals surface area contributed by atoms with Gasteiger partial charge in [-0.2, -0.15) is 0 Å². The summed E-state index contributed by atoms with van der Waals surface area (Å²) in [6, 6.07) is 0.641. The van der Waals surface area contributed by atoms with Gasteiger partial charge in [0.15, 0.2) is 0 Å². The lowest BCUT2D eigenvalue weighted by Gasteiger charge is -2.30. The number of hydrogen-bond donors (Lipinski definition) is 1. The van der Waals surface area contributed by atoms with Gasteiger partial charge in [-0.3, -0.25) is 4.99 Å². The molecular formula is C13H24N2. The standard InChI is InChI=1S/C13H24N2/c1-11(12-7-3-2-4-8-12)15-13-9-5-6-10-14-13/h11-12H,2-10H2,1H3,(H,14,15)/t11-/m1/s1. The predicted octanol–water partition coefficient (Wildman–Crippen LogP) is 3.13. The Labute approximate surface area is 93.6 Å². The van der Waals surface area contributed by atoms with Crippen molar-refractivity contribution in [1.29, 1.82) is 0 Å². The van der Waals surface area contributed by atoms with Crippen LogP contribution in [0, 0.1) is 5.92 Å². The van der Waals surface area contributed by atoms with Crippen molar-refractivity contribution in [3.63, 3.8) is 0 Å². The normalized spacial score (nSPS) is 25.8. The van der Waals surface area contributed by atoms with Crippen LogP contribution in [0.2, 0.25) is 0 Å². The van der Waals surface area contributed by atoms with Crippen LogP contribution in [0.4, 0.5) is 0 Å². The van der Waals surface area contributed by atoms with E-state index in [2.05, 4.69) is 17.2 Å². The van der Waals surface area contributed by atoms with E-state index in [0.29, 0.717) is 6.04 Å². The molecule has 2 aliphatic rings. The molecule has 2 nitrogen and oxygen atoms in total. The molecule has 1 aliphatic carbocycles. The molecule has 0 radical (unpaired) electrons. The van der Waals surface area contributed by atoms with Crippen LogP contribution in [-0.4, -0.2) is 18.4 Å². The fraction of sp³-hybridized carbons (Fsp3) is 0.923. The van der Waals surface area contributed by atoms with Crippen molar-refractivity contribution in [2.75, 3.05) is 6.54 Å². The Bertz CT molecular complexity index is 217. The Morgan fingerprint density at radius 1 is 1.13 bits per heavy atom. The van der Waals surface area contributed by atoms with Crippen molar-refractivity contribution in [3.8, 4) is 0 Å².